The molecule has 0 N–H and O–H groups in total. The van der Waals surface area contributed by atoms with E-state index in [0.717, 1.165) is 17.0 Å². The number of likely N-dealkylation sites (tertiary alicyclic amines) is 1. The predicted molar refractivity (Wildman–Crippen MR) is 71.5 cm³/mol. The molecule has 1 fully saturated rings. The van der Waals surface area contributed by atoms with E-state index in [4.69, 9.17) is 4.74 Å². The van der Waals surface area contributed by atoms with Crippen LogP contribution >= 0.6 is 0 Å². The number of rotatable bonds is 2. The Bertz CT molecular complexity index is 577. The summed E-state index contributed by atoms with van der Waals surface area (Å²) >= 11 is 0. The highest BCUT2D eigenvalue weighted by Gasteiger charge is 2.51. The van der Waals surface area contributed by atoms with Crippen LogP contribution in [0.1, 0.15) is 26.3 Å². The average molecular weight is 319 g/mol. The van der Waals surface area contributed by atoms with E-state index in [1.54, 1.807) is 20.8 Å². The molecule has 0 radical (unpaired) electrons. The molecule has 0 saturated carbocycles. The Morgan fingerprint density at radius 2 is 1.82 bits per heavy atom. The molecule has 0 atom stereocenters. The number of halogens is 4. The van der Waals surface area contributed by atoms with Gasteiger partial charge in [0.2, 0.25) is 0 Å². The number of ether oxygens (including phenoxy) is 1. The van der Waals surface area contributed by atoms with E-state index in [-0.39, 0.29) is 13.1 Å². The van der Waals surface area contributed by atoms with Crippen LogP contribution in [0, 0.1) is 17.6 Å². The summed E-state index contributed by atoms with van der Waals surface area (Å²) in [6.07, 6.45) is -0.681. The summed E-state index contributed by atoms with van der Waals surface area (Å²) in [5.41, 5.74) is -1.57. The highest BCUT2D eigenvalue weighted by Crippen LogP contribution is 2.42. The number of alkyl halides is 2. The van der Waals surface area contributed by atoms with E-state index >= 15 is 0 Å². The highest BCUT2D eigenvalue weighted by molar-refractivity contribution is 5.69. The fourth-order valence-electron chi connectivity index (χ4n) is 2.16. The van der Waals surface area contributed by atoms with Crippen molar-refractivity contribution in [1.82, 2.24) is 4.90 Å². The van der Waals surface area contributed by atoms with Crippen molar-refractivity contribution in [1.29, 1.82) is 0 Å². The van der Waals surface area contributed by atoms with Gasteiger partial charge in [0.15, 0.2) is 0 Å². The van der Waals surface area contributed by atoms with Gasteiger partial charge in [-0.2, -0.15) is 0 Å². The monoisotopic (exact) mass is 319 g/mol. The van der Waals surface area contributed by atoms with E-state index < -0.39 is 40.7 Å². The van der Waals surface area contributed by atoms with Crippen molar-refractivity contribution >= 4 is 6.09 Å². The fourth-order valence-corrected chi connectivity index (χ4v) is 2.16. The van der Waals surface area contributed by atoms with Crippen molar-refractivity contribution < 1.29 is 27.1 Å². The molecule has 122 valence electrons. The van der Waals surface area contributed by atoms with Gasteiger partial charge in [0.1, 0.15) is 17.2 Å². The van der Waals surface area contributed by atoms with Gasteiger partial charge in [-0.1, -0.05) is 0 Å². The Hall–Kier alpha value is -1.79. The Labute approximate surface area is 125 Å². The van der Waals surface area contributed by atoms with Crippen molar-refractivity contribution in [2.75, 3.05) is 13.1 Å². The SMILES string of the molecule is CC(C)(C)OC(=O)N1CC(C(F)(F)c2ccc(F)cc2F)C1. The van der Waals surface area contributed by atoms with Gasteiger partial charge in [0.25, 0.3) is 5.92 Å². The van der Waals surface area contributed by atoms with E-state index in [1.807, 2.05) is 0 Å². The van der Waals surface area contributed by atoms with Crippen LogP contribution in [0.3, 0.4) is 0 Å². The van der Waals surface area contributed by atoms with Gasteiger partial charge < -0.3 is 9.64 Å². The molecule has 22 heavy (non-hydrogen) atoms. The van der Waals surface area contributed by atoms with Crippen LogP contribution in [-0.2, 0) is 10.7 Å². The van der Waals surface area contributed by atoms with Crippen molar-refractivity contribution in [2.24, 2.45) is 5.92 Å². The maximum absolute atomic E-state index is 14.2. The summed E-state index contributed by atoms with van der Waals surface area (Å²) in [5, 5.41) is 0. The van der Waals surface area contributed by atoms with Gasteiger partial charge in [-0.05, 0) is 32.9 Å². The molecule has 0 aromatic heterocycles. The lowest BCUT2D eigenvalue weighted by Gasteiger charge is -2.43. The smallest absolute Gasteiger partial charge is 0.410 e. The lowest BCUT2D eigenvalue weighted by atomic mass is 9.88. The van der Waals surface area contributed by atoms with Gasteiger partial charge in [0, 0.05) is 19.2 Å². The van der Waals surface area contributed by atoms with E-state index in [1.165, 1.54) is 0 Å². The summed E-state index contributed by atoms with van der Waals surface area (Å²) in [6.45, 7) is 4.54. The van der Waals surface area contributed by atoms with Gasteiger partial charge in [-0.15, -0.1) is 0 Å². The van der Waals surface area contributed by atoms with Crippen LogP contribution in [-0.4, -0.2) is 29.7 Å². The Morgan fingerprint density at radius 1 is 1.23 bits per heavy atom. The zero-order valence-corrected chi connectivity index (χ0v) is 12.5. The lowest BCUT2D eigenvalue weighted by molar-refractivity contribution is -0.123. The van der Waals surface area contributed by atoms with Gasteiger partial charge in [0.05, 0.1) is 11.5 Å². The Balaban J connectivity index is 2.04. The van der Waals surface area contributed by atoms with Gasteiger partial charge in [-0.3, -0.25) is 0 Å². The van der Waals surface area contributed by atoms with Crippen LogP contribution in [0.2, 0.25) is 0 Å². The van der Waals surface area contributed by atoms with E-state index in [2.05, 4.69) is 0 Å². The third-order valence-corrected chi connectivity index (χ3v) is 3.34. The summed E-state index contributed by atoms with van der Waals surface area (Å²) < 4.78 is 59.8. The fraction of sp³-hybridized carbons (Fsp3) is 0.533. The zero-order valence-electron chi connectivity index (χ0n) is 12.5. The maximum atomic E-state index is 14.2. The summed E-state index contributed by atoms with van der Waals surface area (Å²) in [5.74, 6) is -6.90. The highest BCUT2D eigenvalue weighted by atomic mass is 19.3. The molecule has 1 aromatic rings. The number of carbonyl (C=O) groups is 1. The molecule has 0 aliphatic carbocycles. The number of hydrogen-bond acceptors (Lipinski definition) is 2. The van der Waals surface area contributed by atoms with Crippen molar-refractivity contribution in [3.05, 3.63) is 35.4 Å². The first-order valence-electron chi connectivity index (χ1n) is 6.82. The van der Waals surface area contributed by atoms with Crippen molar-refractivity contribution in [3.63, 3.8) is 0 Å². The molecule has 1 heterocycles. The first kappa shape index (κ1) is 16.6. The molecule has 1 saturated heterocycles. The van der Waals surface area contributed by atoms with Crippen LogP contribution < -0.4 is 0 Å². The largest absolute Gasteiger partial charge is 0.444 e. The number of nitrogens with zero attached hydrogens (tertiary/aromatic N) is 1. The Kier molecular flexibility index (Phi) is 4.10. The maximum Gasteiger partial charge on any atom is 0.410 e. The van der Waals surface area contributed by atoms with Gasteiger partial charge >= 0.3 is 6.09 Å². The third-order valence-electron chi connectivity index (χ3n) is 3.34. The summed E-state index contributed by atoms with van der Waals surface area (Å²) in [6, 6.07) is 1.95. The molecule has 1 aliphatic heterocycles. The zero-order chi connectivity index (χ0) is 16.7. The predicted octanol–water partition coefficient (Wildman–Crippen LogP) is 3.92. The lowest BCUT2D eigenvalue weighted by Crippen LogP contribution is -2.56. The minimum Gasteiger partial charge on any atom is -0.444 e. The molecule has 0 spiro atoms. The first-order valence-corrected chi connectivity index (χ1v) is 6.82. The molecular formula is C15H17F4NO2. The normalized spacial score (nSPS) is 16.4. The molecular weight excluding hydrogens is 302 g/mol. The molecule has 2 rings (SSSR count). The molecule has 1 aliphatic rings. The second-order valence-electron chi connectivity index (χ2n) is 6.33. The second kappa shape index (κ2) is 5.44. The third kappa shape index (κ3) is 3.34. The van der Waals surface area contributed by atoms with Crippen LogP contribution in [0.25, 0.3) is 0 Å². The second-order valence-corrected chi connectivity index (χ2v) is 6.33. The Morgan fingerprint density at radius 3 is 2.32 bits per heavy atom. The number of carbonyl (C=O) groups excluding carboxylic acids is 1. The molecule has 7 heteroatoms. The number of amides is 1. The minimum atomic E-state index is -3.48. The van der Waals surface area contributed by atoms with Gasteiger partial charge in [-0.25, -0.2) is 22.4 Å². The molecule has 1 amide bonds. The van der Waals surface area contributed by atoms with Crippen LogP contribution in [0.15, 0.2) is 18.2 Å². The minimum absolute atomic E-state index is 0.237. The quantitative estimate of drug-likeness (QED) is 0.773. The molecule has 3 nitrogen and oxygen atoms in total. The average Bonchev–Trinajstić information content (AvgIpc) is 2.22. The van der Waals surface area contributed by atoms with Crippen LogP contribution in [0.5, 0.6) is 0 Å². The topological polar surface area (TPSA) is 29.5 Å². The number of benzene rings is 1. The summed E-state index contributed by atoms with van der Waals surface area (Å²) in [7, 11) is 0. The number of hydrogen-bond donors (Lipinski definition) is 0. The standard InChI is InChI=1S/C15H17F4NO2/c1-14(2,3)22-13(21)20-7-9(8-20)15(18,19)11-5-4-10(16)6-12(11)17/h4-6,9H,7-8H2,1-3H3. The first-order chi connectivity index (χ1) is 10.0. The van der Waals surface area contributed by atoms with E-state index in [9.17, 15) is 22.4 Å². The van der Waals surface area contributed by atoms with Crippen molar-refractivity contribution in [3.8, 4) is 0 Å². The van der Waals surface area contributed by atoms with Crippen molar-refractivity contribution in [2.45, 2.75) is 32.3 Å². The molecule has 1 aromatic carbocycles. The molecule has 0 bridgehead atoms. The van der Waals surface area contributed by atoms with E-state index in [0.29, 0.717) is 6.07 Å². The van der Waals surface area contributed by atoms with Crippen LogP contribution in [0.4, 0.5) is 22.4 Å². The summed E-state index contributed by atoms with van der Waals surface area (Å²) in [4.78, 5) is 12.8. The molecule has 0 unspecified atom stereocenters.